The van der Waals surface area contributed by atoms with Crippen LogP contribution < -0.4 is 0 Å². The van der Waals surface area contributed by atoms with E-state index in [1.807, 2.05) is 27.7 Å². The van der Waals surface area contributed by atoms with Gasteiger partial charge in [-0.1, -0.05) is 52.8 Å². The van der Waals surface area contributed by atoms with Gasteiger partial charge in [0.15, 0.2) is 0 Å². The van der Waals surface area contributed by atoms with E-state index in [1.165, 1.54) is 16.6 Å². The summed E-state index contributed by atoms with van der Waals surface area (Å²) < 4.78 is 2.26. The number of rotatable bonds is 1. The van der Waals surface area contributed by atoms with Crippen LogP contribution in [0.15, 0.2) is 30.3 Å². The Kier molecular flexibility index (Phi) is 7.36. The van der Waals surface area contributed by atoms with Crippen LogP contribution in [0.1, 0.15) is 40.3 Å². The van der Waals surface area contributed by atoms with Gasteiger partial charge in [-0.2, -0.15) is 0 Å². The monoisotopic (exact) mass is 219 g/mol. The van der Waals surface area contributed by atoms with E-state index >= 15 is 0 Å². The van der Waals surface area contributed by atoms with E-state index in [4.69, 9.17) is 0 Å². The fourth-order valence-electron chi connectivity index (χ4n) is 1.69. The van der Waals surface area contributed by atoms with Crippen molar-refractivity contribution in [2.24, 2.45) is 7.05 Å². The van der Waals surface area contributed by atoms with Crippen LogP contribution in [0, 0.1) is 0 Å². The number of aromatic nitrogens is 1. The van der Waals surface area contributed by atoms with Crippen molar-refractivity contribution in [1.82, 2.24) is 4.57 Å². The Balaban J connectivity index is 0.000000509. The quantitative estimate of drug-likeness (QED) is 0.649. The molecule has 0 atom stereocenters. The molecule has 1 heterocycles. The van der Waals surface area contributed by atoms with Crippen LogP contribution in [-0.4, -0.2) is 4.57 Å². The van der Waals surface area contributed by atoms with Gasteiger partial charge in [0.25, 0.3) is 0 Å². The molecule has 90 valence electrons. The molecule has 0 radical (unpaired) electrons. The van der Waals surface area contributed by atoms with E-state index in [9.17, 15) is 0 Å². The summed E-state index contributed by atoms with van der Waals surface area (Å²) in [6.45, 7) is 10.2. The van der Waals surface area contributed by atoms with Gasteiger partial charge in [0.2, 0.25) is 0 Å². The van der Waals surface area contributed by atoms with Crippen LogP contribution >= 0.6 is 0 Å². The molecule has 0 N–H and O–H groups in total. The number of nitrogens with zero attached hydrogens (tertiary/aromatic N) is 1. The Bertz CT molecular complexity index is 399. The van der Waals surface area contributed by atoms with Crippen molar-refractivity contribution in [1.29, 1.82) is 0 Å². The van der Waals surface area contributed by atoms with Crippen molar-refractivity contribution < 1.29 is 0 Å². The van der Waals surface area contributed by atoms with Crippen LogP contribution in [0.3, 0.4) is 0 Å². The third-order valence-corrected chi connectivity index (χ3v) is 2.41. The summed E-state index contributed by atoms with van der Waals surface area (Å²) in [5, 5.41) is 1.34. The number of fused-ring (bicyclic) bond motifs is 1. The predicted molar refractivity (Wildman–Crippen MR) is 75.0 cm³/mol. The Morgan fingerprint density at radius 2 is 1.56 bits per heavy atom. The van der Waals surface area contributed by atoms with Gasteiger partial charge in [0.1, 0.15) is 0 Å². The number of benzene rings is 1. The molecule has 0 unspecified atom stereocenters. The molecule has 2 rings (SSSR count). The molecule has 0 bridgehead atoms. The topological polar surface area (TPSA) is 4.93 Å². The molecular weight excluding hydrogens is 194 g/mol. The zero-order chi connectivity index (χ0) is 12.6. The van der Waals surface area contributed by atoms with E-state index in [0.717, 1.165) is 6.42 Å². The first-order chi connectivity index (χ1) is 7.83. The van der Waals surface area contributed by atoms with Crippen molar-refractivity contribution in [2.75, 3.05) is 0 Å². The zero-order valence-electron chi connectivity index (χ0n) is 11.5. The largest absolute Gasteiger partial charge is 0.348 e. The van der Waals surface area contributed by atoms with Gasteiger partial charge in [-0.25, -0.2) is 0 Å². The highest BCUT2D eigenvalue weighted by atomic mass is 14.9. The van der Waals surface area contributed by atoms with Crippen LogP contribution in [-0.2, 0) is 13.5 Å². The summed E-state index contributed by atoms with van der Waals surface area (Å²) in [4.78, 5) is 0. The molecule has 16 heavy (non-hydrogen) atoms. The Hall–Kier alpha value is -1.24. The maximum absolute atomic E-state index is 2.26. The Labute approximate surface area is 100 Å². The molecule has 1 nitrogen and oxygen atoms in total. The third kappa shape index (κ3) is 3.13. The summed E-state index contributed by atoms with van der Waals surface area (Å²) in [5.41, 5.74) is 2.73. The average Bonchev–Trinajstić information content (AvgIpc) is 2.72. The van der Waals surface area contributed by atoms with E-state index in [-0.39, 0.29) is 0 Å². The second kappa shape index (κ2) is 7.98. The van der Waals surface area contributed by atoms with Gasteiger partial charge in [-0.3, -0.25) is 0 Å². The molecule has 0 amide bonds. The van der Waals surface area contributed by atoms with E-state index in [1.54, 1.807) is 0 Å². The molecular formula is C15H25N. The molecule has 0 aliphatic heterocycles. The van der Waals surface area contributed by atoms with E-state index in [2.05, 4.69) is 48.9 Å². The molecule has 0 saturated heterocycles. The van der Waals surface area contributed by atoms with Crippen molar-refractivity contribution in [3.05, 3.63) is 36.0 Å². The lowest BCUT2D eigenvalue weighted by molar-refractivity contribution is 0.866. The van der Waals surface area contributed by atoms with Crippen LogP contribution in [0.25, 0.3) is 10.9 Å². The molecule has 0 aliphatic rings. The number of para-hydroxylation sites is 1. The lowest BCUT2D eigenvalue weighted by atomic mass is 10.2. The minimum atomic E-state index is 1.10. The zero-order valence-corrected chi connectivity index (χ0v) is 11.5. The summed E-state index contributed by atoms with van der Waals surface area (Å²) in [6, 6.07) is 10.8. The van der Waals surface area contributed by atoms with Crippen LogP contribution in [0.2, 0.25) is 0 Å². The average molecular weight is 219 g/mol. The SMILES string of the molecule is CC.CC.CCc1cc2ccccc2n1C. The third-order valence-electron chi connectivity index (χ3n) is 2.41. The number of aryl methyl sites for hydroxylation is 2. The summed E-state index contributed by atoms with van der Waals surface area (Å²) in [6.07, 6.45) is 1.10. The molecule has 0 spiro atoms. The lowest BCUT2D eigenvalue weighted by Crippen LogP contribution is -1.92. The highest BCUT2D eigenvalue weighted by molar-refractivity contribution is 5.81. The van der Waals surface area contributed by atoms with Crippen molar-refractivity contribution in [3.63, 3.8) is 0 Å². The fraction of sp³-hybridized carbons (Fsp3) is 0.467. The molecule has 1 heteroatoms. The van der Waals surface area contributed by atoms with Crippen LogP contribution in [0.4, 0.5) is 0 Å². The smallest absolute Gasteiger partial charge is 0.0479 e. The molecule has 1 aromatic heterocycles. The van der Waals surface area contributed by atoms with Crippen molar-refractivity contribution in [3.8, 4) is 0 Å². The normalized spacial score (nSPS) is 8.88. The van der Waals surface area contributed by atoms with Gasteiger partial charge >= 0.3 is 0 Å². The second-order valence-corrected chi connectivity index (χ2v) is 3.11. The molecule has 2 aromatic rings. The summed E-state index contributed by atoms with van der Waals surface area (Å²) >= 11 is 0. The van der Waals surface area contributed by atoms with Crippen LogP contribution in [0.5, 0.6) is 0 Å². The van der Waals surface area contributed by atoms with Crippen molar-refractivity contribution in [2.45, 2.75) is 41.0 Å². The standard InChI is InChI=1S/C11H13N.2C2H6/c1-3-10-8-9-6-4-5-7-11(9)12(10)2;2*1-2/h4-8H,3H2,1-2H3;2*1-2H3. The first-order valence-electron chi connectivity index (χ1n) is 6.36. The van der Waals surface area contributed by atoms with Gasteiger partial charge in [0.05, 0.1) is 0 Å². The first kappa shape index (κ1) is 14.8. The summed E-state index contributed by atoms with van der Waals surface area (Å²) in [5.74, 6) is 0. The molecule has 1 aromatic carbocycles. The maximum Gasteiger partial charge on any atom is 0.0479 e. The highest BCUT2D eigenvalue weighted by Gasteiger charge is 2.01. The summed E-state index contributed by atoms with van der Waals surface area (Å²) in [7, 11) is 2.13. The Morgan fingerprint density at radius 3 is 2.06 bits per heavy atom. The minimum Gasteiger partial charge on any atom is -0.348 e. The minimum absolute atomic E-state index is 1.10. The van der Waals surface area contributed by atoms with Gasteiger partial charge in [-0.15, -0.1) is 0 Å². The predicted octanol–water partition coefficient (Wildman–Crippen LogP) is 4.79. The molecule has 0 fully saturated rings. The lowest BCUT2D eigenvalue weighted by Gasteiger charge is -1.99. The second-order valence-electron chi connectivity index (χ2n) is 3.11. The maximum atomic E-state index is 2.26. The first-order valence-corrected chi connectivity index (χ1v) is 6.36. The van der Waals surface area contributed by atoms with Crippen molar-refractivity contribution >= 4 is 10.9 Å². The molecule has 0 saturated carbocycles. The van der Waals surface area contributed by atoms with Gasteiger partial charge < -0.3 is 4.57 Å². The van der Waals surface area contributed by atoms with E-state index < -0.39 is 0 Å². The number of hydrogen-bond donors (Lipinski definition) is 0. The van der Waals surface area contributed by atoms with E-state index in [0.29, 0.717) is 0 Å². The van der Waals surface area contributed by atoms with Gasteiger partial charge in [-0.05, 0) is 23.9 Å². The Morgan fingerprint density at radius 1 is 1.00 bits per heavy atom. The van der Waals surface area contributed by atoms with Gasteiger partial charge in [0, 0.05) is 18.3 Å². The fourth-order valence-corrected chi connectivity index (χ4v) is 1.69. The highest BCUT2D eigenvalue weighted by Crippen LogP contribution is 2.18. The molecule has 0 aliphatic carbocycles. The number of hydrogen-bond acceptors (Lipinski definition) is 0.